The Morgan fingerprint density at radius 1 is 0.720 bits per heavy atom. The Bertz CT molecular complexity index is 781. The van der Waals surface area contributed by atoms with Crippen molar-refractivity contribution in [3.8, 4) is 23.0 Å². The van der Waals surface area contributed by atoms with Gasteiger partial charge in [0.05, 0.1) is 34.1 Å². The van der Waals surface area contributed by atoms with Crippen LogP contribution in [0.1, 0.15) is 11.1 Å². The summed E-state index contributed by atoms with van der Waals surface area (Å²) in [5.74, 6) is -1.05. The van der Waals surface area contributed by atoms with Gasteiger partial charge in [-0.15, -0.1) is 0 Å². The van der Waals surface area contributed by atoms with E-state index in [9.17, 15) is 8.78 Å². The smallest absolute Gasteiger partial charge is 0.203 e. The molecule has 0 bridgehead atoms. The number of rotatable bonds is 6. The number of methoxy groups -OCH3 is 4. The molecule has 0 aromatic heterocycles. The number of nitrogens with two attached hydrogens (primary N) is 1. The van der Waals surface area contributed by atoms with E-state index in [0.717, 1.165) is 0 Å². The lowest BCUT2D eigenvalue weighted by Gasteiger charge is -2.14. The lowest BCUT2D eigenvalue weighted by atomic mass is 10.1. The number of benzene rings is 2. The summed E-state index contributed by atoms with van der Waals surface area (Å²) in [6, 6.07) is 6.78. The molecule has 0 aliphatic rings. The van der Waals surface area contributed by atoms with Crippen LogP contribution in [0.3, 0.4) is 0 Å². The second kappa shape index (κ2) is 7.74. The first-order valence-corrected chi connectivity index (χ1v) is 7.26. The van der Waals surface area contributed by atoms with Gasteiger partial charge in [0.1, 0.15) is 5.75 Å². The normalized spacial score (nSPS) is 11.6. The number of ether oxygens (including phenoxy) is 4. The molecule has 25 heavy (non-hydrogen) atoms. The predicted molar refractivity (Wildman–Crippen MR) is 92.5 cm³/mol. The van der Waals surface area contributed by atoms with Gasteiger partial charge in [0, 0.05) is 11.1 Å². The van der Waals surface area contributed by atoms with Gasteiger partial charge in [-0.3, -0.25) is 0 Å². The predicted octanol–water partition coefficient (Wildman–Crippen LogP) is 4.07. The number of hydrogen-bond donors (Lipinski definition) is 1. The molecule has 0 aliphatic carbocycles. The molecule has 134 valence electrons. The molecule has 2 rings (SSSR count). The zero-order chi connectivity index (χ0) is 18.6. The Labute approximate surface area is 144 Å². The molecule has 0 heterocycles. The Morgan fingerprint density at radius 2 is 1.24 bits per heavy atom. The van der Waals surface area contributed by atoms with E-state index in [2.05, 4.69) is 0 Å². The third-order valence-electron chi connectivity index (χ3n) is 3.59. The Balaban J connectivity index is 2.56. The fourth-order valence-electron chi connectivity index (χ4n) is 2.33. The van der Waals surface area contributed by atoms with Gasteiger partial charge < -0.3 is 24.7 Å². The lowest BCUT2D eigenvalue weighted by Crippen LogP contribution is -1.97. The quantitative estimate of drug-likeness (QED) is 0.628. The van der Waals surface area contributed by atoms with Crippen molar-refractivity contribution in [2.24, 2.45) is 0 Å². The molecule has 0 radical (unpaired) electrons. The number of anilines is 1. The highest BCUT2D eigenvalue weighted by atomic mass is 19.2. The van der Waals surface area contributed by atoms with Gasteiger partial charge in [-0.2, -0.15) is 0 Å². The van der Waals surface area contributed by atoms with Crippen LogP contribution in [0.15, 0.2) is 30.3 Å². The molecule has 0 aliphatic heterocycles. The summed E-state index contributed by atoms with van der Waals surface area (Å²) in [6.45, 7) is 0. The molecular formula is C18H19F2NO4. The third kappa shape index (κ3) is 3.60. The molecule has 2 aromatic carbocycles. The largest absolute Gasteiger partial charge is 0.495 e. The van der Waals surface area contributed by atoms with Crippen molar-refractivity contribution < 1.29 is 27.7 Å². The molecule has 0 atom stereocenters. The van der Waals surface area contributed by atoms with Crippen molar-refractivity contribution >= 4 is 17.3 Å². The summed E-state index contributed by atoms with van der Waals surface area (Å²) in [4.78, 5) is 0. The molecular weight excluding hydrogens is 332 g/mol. The number of halogens is 2. The van der Waals surface area contributed by atoms with Crippen LogP contribution < -0.4 is 24.7 Å². The third-order valence-corrected chi connectivity index (χ3v) is 3.59. The minimum Gasteiger partial charge on any atom is -0.495 e. The number of hydrogen-bond acceptors (Lipinski definition) is 5. The molecule has 0 fully saturated rings. The Hall–Kier alpha value is -2.96. The summed E-state index contributed by atoms with van der Waals surface area (Å²) >= 11 is 0. The van der Waals surface area contributed by atoms with E-state index in [0.29, 0.717) is 5.75 Å². The van der Waals surface area contributed by atoms with Crippen molar-refractivity contribution in [2.75, 3.05) is 34.2 Å². The van der Waals surface area contributed by atoms with Gasteiger partial charge in [0.2, 0.25) is 5.75 Å². The SMILES string of the molecule is COc1ccc(C(F)=C(F)c2cc(OC)c(OC)c(OC)c2)cc1N. The average Bonchev–Trinajstić information content (AvgIpc) is 2.65. The van der Waals surface area contributed by atoms with Crippen LogP contribution in [0.5, 0.6) is 23.0 Å². The van der Waals surface area contributed by atoms with Gasteiger partial charge in [-0.05, 0) is 30.3 Å². The van der Waals surface area contributed by atoms with Crippen LogP contribution in [0, 0.1) is 0 Å². The standard InChI is InChI=1S/C18H19F2NO4/c1-22-13-6-5-10(7-12(13)21)16(19)17(20)11-8-14(23-2)18(25-4)15(9-11)24-3/h5-9H,21H2,1-4H3. The van der Waals surface area contributed by atoms with E-state index in [-0.39, 0.29) is 34.1 Å². The number of nitrogen functional groups attached to an aromatic ring is 1. The monoisotopic (exact) mass is 351 g/mol. The highest BCUT2D eigenvalue weighted by Crippen LogP contribution is 2.42. The highest BCUT2D eigenvalue weighted by molar-refractivity contribution is 5.85. The molecule has 5 nitrogen and oxygen atoms in total. The van der Waals surface area contributed by atoms with Crippen molar-refractivity contribution in [3.05, 3.63) is 41.5 Å². The fraction of sp³-hybridized carbons (Fsp3) is 0.222. The van der Waals surface area contributed by atoms with Crippen molar-refractivity contribution in [1.29, 1.82) is 0 Å². The van der Waals surface area contributed by atoms with E-state index in [1.165, 1.54) is 58.8 Å². The zero-order valence-corrected chi connectivity index (χ0v) is 14.4. The molecule has 0 spiro atoms. The van der Waals surface area contributed by atoms with Crippen LogP contribution in [-0.4, -0.2) is 28.4 Å². The second-order valence-corrected chi connectivity index (χ2v) is 5.00. The summed E-state index contributed by atoms with van der Waals surface area (Å²) < 4.78 is 49.7. The lowest BCUT2D eigenvalue weighted by molar-refractivity contribution is 0.324. The van der Waals surface area contributed by atoms with Gasteiger partial charge >= 0.3 is 0 Å². The molecule has 0 unspecified atom stereocenters. The summed E-state index contributed by atoms with van der Waals surface area (Å²) in [5.41, 5.74) is 5.88. The van der Waals surface area contributed by atoms with E-state index in [1.54, 1.807) is 0 Å². The van der Waals surface area contributed by atoms with Crippen LogP contribution in [0.25, 0.3) is 11.7 Å². The van der Waals surface area contributed by atoms with Crippen molar-refractivity contribution in [1.82, 2.24) is 0 Å². The maximum absolute atomic E-state index is 14.7. The zero-order valence-electron chi connectivity index (χ0n) is 14.4. The fourth-order valence-corrected chi connectivity index (χ4v) is 2.33. The van der Waals surface area contributed by atoms with Crippen molar-refractivity contribution in [3.63, 3.8) is 0 Å². The van der Waals surface area contributed by atoms with E-state index < -0.39 is 11.7 Å². The van der Waals surface area contributed by atoms with Gasteiger partial charge in [-0.1, -0.05) is 0 Å². The molecule has 2 N–H and O–H groups in total. The summed E-state index contributed by atoms with van der Waals surface area (Å²) in [6.07, 6.45) is 0. The molecule has 0 amide bonds. The molecule has 7 heteroatoms. The molecule has 0 saturated heterocycles. The molecule has 2 aromatic rings. The topological polar surface area (TPSA) is 62.9 Å². The maximum Gasteiger partial charge on any atom is 0.203 e. The van der Waals surface area contributed by atoms with E-state index in [4.69, 9.17) is 24.7 Å². The average molecular weight is 351 g/mol. The minimum atomic E-state index is -1.08. The second-order valence-electron chi connectivity index (χ2n) is 5.00. The summed E-state index contributed by atoms with van der Waals surface area (Å²) in [5, 5.41) is 0. The first-order valence-electron chi connectivity index (χ1n) is 7.26. The van der Waals surface area contributed by atoms with Gasteiger partial charge in [-0.25, -0.2) is 8.78 Å². The Morgan fingerprint density at radius 3 is 1.68 bits per heavy atom. The molecule has 0 saturated carbocycles. The Kier molecular flexibility index (Phi) is 5.69. The van der Waals surface area contributed by atoms with Crippen LogP contribution in [0.4, 0.5) is 14.5 Å². The van der Waals surface area contributed by atoms with Crippen molar-refractivity contribution in [2.45, 2.75) is 0 Å². The van der Waals surface area contributed by atoms with Crippen LogP contribution >= 0.6 is 0 Å². The first kappa shape index (κ1) is 18.4. The van der Waals surface area contributed by atoms with Gasteiger partial charge in [0.25, 0.3) is 0 Å². The van der Waals surface area contributed by atoms with E-state index in [1.807, 2.05) is 0 Å². The summed E-state index contributed by atoms with van der Waals surface area (Å²) in [7, 11) is 5.65. The maximum atomic E-state index is 14.7. The highest BCUT2D eigenvalue weighted by Gasteiger charge is 2.19. The van der Waals surface area contributed by atoms with E-state index >= 15 is 0 Å². The van der Waals surface area contributed by atoms with Crippen LogP contribution in [0.2, 0.25) is 0 Å². The van der Waals surface area contributed by atoms with Crippen LogP contribution in [-0.2, 0) is 0 Å². The first-order chi connectivity index (χ1) is 12.0. The van der Waals surface area contributed by atoms with Gasteiger partial charge in [0.15, 0.2) is 23.2 Å². The minimum absolute atomic E-state index is 0.00967.